The second kappa shape index (κ2) is 11.2. The van der Waals surface area contributed by atoms with Gasteiger partial charge in [-0.15, -0.1) is 6.58 Å². The Hall–Kier alpha value is -2.97. The summed E-state index contributed by atoms with van der Waals surface area (Å²) in [5.41, 5.74) is 1.80. The topological polar surface area (TPSA) is 95.6 Å². The molecular weight excluding hydrogens is 438 g/mol. The van der Waals surface area contributed by atoms with Crippen molar-refractivity contribution in [3.63, 3.8) is 0 Å². The molecule has 3 rings (SSSR count). The smallest absolute Gasteiger partial charge is 0.242 e. The van der Waals surface area contributed by atoms with Gasteiger partial charge in [-0.3, -0.25) is 9.59 Å². The van der Waals surface area contributed by atoms with Crippen LogP contribution in [0.15, 0.2) is 72.1 Å². The van der Waals surface area contributed by atoms with Gasteiger partial charge >= 0.3 is 0 Å². The highest BCUT2D eigenvalue weighted by Crippen LogP contribution is 2.22. The molecule has 2 aromatic carbocycles. The van der Waals surface area contributed by atoms with Gasteiger partial charge in [0.15, 0.2) is 0 Å². The average Bonchev–Trinajstić information content (AvgIpc) is 3.63. The number of carbonyl (C=O) groups is 2. The SMILES string of the molecule is C=CCNC(=O)C(C)N(Cc1ccccc1)C(=O)CCc1ccc(S(=O)(=O)NC2CC2)cc1. The van der Waals surface area contributed by atoms with Crippen molar-refractivity contribution >= 4 is 21.8 Å². The van der Waals surface area contributed by atoms with Gasteiger partial charge in [-0.2, -0.15) is 0 Å². The van der Waals surface area contributed by atoms with E-state index in [-0.39, 0.29) is 29.2 Å². The lowest BCUT2D eigenvalue weighted by Gasteiger charge is -2.29. The summed E-state index contributed by atoms with van der Waals surface area (Å²) in [6.07, 6.45) is 4.00. The number of rotatable bonds is 12. The van der Waals surface area contributed by atoms with Gasteiger partial charge < -0.3 is 10.2 Å². The number of hydrogen-bond acceptors (Lipinski definition) is 4. The number of aryl methyl sites for hydroxylation is 1. The number of amides is 2. The molecule has 0 aromatic heterocycles. The van der Waals surface area contributed by atoms with E-state index in [0.29, 0.717) is 19.5 Å². The zero-order valence-corrected chi connectivity index (χ0v) is 19.7. The van der Waals surface area contributed by atoms with Crippen LogP contribution in [0, 0.1) is 0 Å². The molecule has 176 valence electrons. The first-order valence-corrected chi connectivity index (χ1v) is 12.6. The largest absolute Gasteiger partial charge is 0.351 e. The van der Waals surface area contributed by atoms with E-state index in [1.165, 1.54) is 0 Å². The van der Waals surface area contributed by atoms with Crippen molar-refractivity contribution in [2.45, 2.75) is 56.1 Å². The Morgan fingerprint density at radius 3 is 2.36 bits per heavy atom. The highest BCUT2D eigenvalue weighted by atomic mass is 32.2. The van der Waals surface area contributed by atoms with Crippen molar-refractivity contribution in [3.8, 4) is 0 Å². The highest BCUT2D eigenvalue weighted by Gasteiger charge is 2.28. The van der Waals surface area contributed by atoms with Gasteiger partial charge in [0, 0.05) is 25.6 Å². The molecule has 2 aromatic rings. The predicted molar refractivity (Wildman–Crippen MR) is 128 cm³/mol. The fraction of sp³-hybridized carbons (Fsp3) is 0.360. The number of sulfonamides is 1. The van der Waals surface area contributed by atoms with E-state index in [1.54, 1.807) is 42.2 Å². The van der Waals surface area contributed by atoms with Crippen LogP contribution in [-0.2, 0) is 32.6 Å². The predicted octanol–water partition coefficient (Wildman–Crippen LogP) is 2.78. The summed E-state index contributed by atoms with van der Waals surface area (Å²) >= 11 is 0. The van der Waals surface area contributed by atoms with Gasteiger partial charge in [0.2, 0.25) is 21.8 Å². The molecule has 33 heavy (non-hydrogen) atoms. The van der Waals surface area contributed by atoms with Crippen molar-refractivity contribution < 1.29 is 18.0 Å². The number of nitrogens with zero attached hydrogens (tertiary/aromatic N) is 1. The fourth-order valence-corrected chi connectivity index (χ4v) is 4.71. The summed E-state index contributed by atoms with van der Waals surface area (Å²) < 4.78 is 27.3. The molecule has 2 amide bonds. The number of benzene rings is 2. The summed E-state index contributed by atoms with van der Waals surface area (Å²) in [5, 5.41) is 2.75. The Kier molecular flexibility index (Phi) is 8.41. The summed E-state index contributed by atoms with van der Waals surface area (Å²) in [7, 11) is -3.50. The van der Waals surface area contributed by atoms with E-state index in [9.17, 15) is 18.0 Å². The van der Waals surface area contributed by atoms with E-state index < -0.39 is 16.1 Å². The Balaban J connectivity index is 1.65. The summed E-state index contributed by atoms with van der Waals surface area (Å²) in [6.45, 7) is 5.98. The van der Waals surface area contributed by atoms with Crippen LogP contribution in [0.1, 0.15) is 37.3 Å². The van der Waals surface area contributed by atoms with Crippen molar-refractivity contribution in [1.82, 2.24) is 14.9 Å². The van der Waals surface area contributed by atoms with Gasteiger partial charge in [0.05, 0.1) is 4.90 Å². The molecule has 0 aliphatic heterocycles. The quantitative estimate of drug-likeness (QED) is 0.467. The number of nitrogens with one attached hydrogen (secondary N) is 2. The molecule has 2 N–H and O–H groups in total. The van der Waals surface area contributed by atoms with Crippen LogP contribution in [0.5, 0.6) is 0 Å². The standard InChI is InChI=1S/C25H31N3O4S/c1-3-17-26-25(30)19(2)28(18-21-7-5-4-6-8-21)24(29)16-11-20-9-14-23(15-10-20)33(31,32)27-22-12-13-22/h3-10,14-15,19,22,27H,1,11-13,16-18H2,2H3,(H,26,30). The van der Waals surface area contributed by atoms with E-state index in [4.69, 9.17) is 0 Å². The first-order chi connectivity index (χ1) is 15.8. The molecule has 0 spiro atoms. The molecule has 0 radical (unpaired) electrons. The zero-order valence-electron chi connectivity index (χ0n) is 18.9. The van der Waals surface area contributed by atoms with E-state index in [2.05, 4.69) is 16.6 Å². The zero-order chi connectivity index (χ0) is 23.8. The summed E-state index contributed by atoms with van der Waals surface area (Å²) in [6, 6.07) is 15.5. The molecule has 7 nitrogen and oxygen atoms in total. The molecule has 1 aliphatic carbocycles. The molecular formula is C25H31N3O4S. The van der Waals surface area contributed by atoms with Crippen LogP contribution < -0.4 is 10.0 Å². The summed E-state index contributed by atoms with van der Waals surface area (Å²) in [4.78, 5) is 27.4. The van der Waals surface area contributed by atoms with E-state index in [0.717, 1.165) is 24.0 Å². The van der Waals surface area contributed by atoms with Crippen molar-refractivity contribution in [3.05, 3.63) is 78.4 Å². The number of hydrogen-bond donors (Lipinski definition) is 2. The molecule has 1 aliphatic rings. The Labute approximate surface area is 195 Å². The second-order valence-corrected chi connectivity index (χ2v) is 9.97. The lowest BCUT2D eigenvalue weighted by molar-refractivity contribution is -0.140. The number of carbonyl (C=O) groups excluding carboxylic acids is 2. The normalized spacial score (nSPS) is 14.3. The third-order valence-corrected chi connectivity index (χ3v) is 7.08. The third-order valence-electron chi connectivity index (χ3n) is 5.54. The van der Waals surface area contributed by atoms with Crippen LogP contribution in [0.2, 0.25) is 0 Å². The van der Waals surface area contributed by atoms with Gasteiger partial charge in [0.1, 0.15) is 6.04 Å². The molecule has 8 heteroatoms. The lowest BCUT2D eigenvalue weighted by atomic mass is 10.1. The molecule has 1 unspecified atom stereocenters. The minimum atomic E-state index is -3.50. The van der Waals surface area contributed by atoms with E-state index in [1.807, 2.05) is 30.3 Å². The van der Waals surface area contributed by atoms with Gasteiger partial charge in [-0.1, -0.05) is 48.5 Å². The minimum absolute atomic E-state index is 0.0496. The minimum Gasteiger partial charge on any atom is -0.351 e. The Morgan fingerprint density at radius 2 is 1.76 bits per heavy atom. The molecule has 0 bridgehead atoms. The summed E-state index contributed by atoms with van der Waals surface area (Å²) in [5.74, 6) is -0.385. The lowest BCUT2D eigenvalue weighted by Crippen LogP contribution is -2.47. The van der Waals surface area contributed by atoms with Gasteiger partial charge in [-0.05, 0) is 49.4 Å². The molecule has 1 fully saturated rings. The van der Waals surface area contributed by atoms with Crippen LogP contribution in [0.4, 0.5) is 0 Å². The first-order valence-electron chi connectivity index (χ1n) is 11.1. The van der Waals surface area contributed by atoms with Crippen molar-refractivity contribution in [2.75, 3.05) is 6.54 Å². The van der Waals surface area contributed by atoms with Gasteiger partial charge in [0.25, 0.3) is 0 Å². The molecule has 0 heterocycles. The third kappa shape index (κ3) is 7.27. The maximum Gasteiger partial charge on any atom is 0.242 e. The van der Waals surface area contributed by atoms with E-state index >= 15 is 0 Å². The van der Waals surface area contributed by atoms with Crippen LogP contribution >= 0.6 is 0 Å². The van der Waals surface area contributed by atoms with Gasteiger partial charge in [-0.25, -0.2) is 13.1 Å². The molecule has 1 saturated carbocycles. The van der Waals surface area contributed by atoms with Crippen LogP contribution in [0.25, 0.3) is 0 Å². The van der Waals surface area contributed by atoms with Crippen molar-refractivity contribution in [2.24, 2.45) is 0 Å². The highest BCUT2D eigenvalue weighted by molar-refractivity contribution is 7.89. The van der Waals surface area contributed by atoms with Crippen LogP contribution in [-0.4, -0.2) is 43.8 Å². The molecule has 0 saturated heterocycles. The second-order valence-electron chi connectivity index (χ2n) is 8.26. The fourth-order valence-electron chi connectivity index (χ4n) is 3.40. The maximum absolute atomic E-state index is 13.1. The van der Waals surface area contributed by atoms with Crippen LogP contribution in [0.3, 0.4) is 0 Å². The Morgan fingerprint density at radius 1 is 1.09 bits per heavy atom. The average molecular weight is 470 g/mol. The molecule has 1 atom stereocenters. The first kappa shape index (κ1) is 24.7. The monoisotopic (exact) mass is 469 g/mol. The Bertz CT molecular complexity index is 1060. The maximum atomic E-state index is 13.1. The van der Waals surface area contributed by atoms with Crippen molar-refractivity contribution in [1.29, 1.82) is 0 Å².